The molecule has 0 spiro atoms. The lowest BCUT2D eigenvalue weighted by atomic mass is 9.92. The second-order valence-corrected chi connectivity index (χ2v) is 6.33. The Morgan fingerprint density at radius 3 is 2.82 bits per heavy atom. The van der Waals surface area contributed by atoms with Crippen molar-refractivity contribution in [1.82, 2.24) is 4.90 Å². The molecule has 3 N–H and O–H groups in total. The summed E-state index contributed by atoms with van der Waals surface area (Å²) in [5, 5.41) is 29.5. The van der Waals surface area contributed by atoms with E-state index in [0.717, 1.165) is 0 Å². The van der Waals surface area contributed by atoms with E-state index in [4.69, 9.17) is 33.0 Å². The van der Waals surface area contributed by atoms with Crippen LogP contribution in [0, 0.1) is 0 Å². The smallest absolute Gasteiger partial charge is 0.410 e. The van der Waals surface area contributed by atoms with E-state index in [-0.39, 0.29) is 22.7 Å². The zero-order valence-electron chi connectivity index (χ0n) is 11.4. The van der Waals surface area contributed by atoms with Gasteiger partial charge in [-0.25, -0.2) is 4.79 Å². The average molecular weight is 348 g/mol. The van der Waals surface area contributed by atoms with E-state index in [1.54, 1.807) is 0 Å². The van der Waals surface area contributed by atoms with Gasteiger partial charge in [0.25, 0.3) is 0 Å². The van der Waals surface area contributed by atoms with Gasteiger partial charge < -0.3 is 25.0 Å². The minimum atomic E-state index is -1.14. The Hall–Kier alpha value is -1.21. The predicted octanol–water partition coefficient (Wildman–Crippen LogP) is 1.73. The summed E-state index contributed by atoms with van der Waals surface area (Å²) in [4.78, 5) is 13.4. The first-order valence-corrected chi connectivity index (χ1v) is 7.62. The number of halogens is 2. The first-order valence-electron chi connectivity index (χ1n) is 6.87. The molecule has 2 aliphatic heterocycles. The highest BCUT2D eigenvalue weighted by Crippen LogP contribution is 2.45. The molecule has 1 aromatic carbocycles. The number of carbonyl (C=O) groups excluding carboxylic acids is 1. The van der Waals surface area contributed by atoms with E-state index in [0.29, 0.717) is 23.6 Å². The Kier molecular flexibility index (Phi) is 4.11. The maximum atomic E-state index is 11.9. The third-order valence-electron chi connectivity index (χ3n) is 4.28. The quantitative estimate of drug-likeness (QED) is 0.774. The fraction of sp³-hybridized carbons (Fsp3) is 0.500. The van der Waals surface area contributed by atoms with Gasteiger partial charge in [-0.1, -0.05) is 23.2 Å². The first kappa shape index (κ1) is 15.7. The standard InChI is InChI=1S/C14H15Cl2NO5/c15-7-1-2-9(19)11(12(7)16)6-3-8-13(10(20)5-18)22-14(21)17(8)4-6/h1-2,6,8,10,13,18-20H,3-5H2/t6-,8-,10+,13-/m0/s1. The summed E-state index contributed by atoms with van der Waals surface area (Å²) in [7, 11) is 0. The number of ether oxygens (including phenoxy) is 1. The molecule has 3 rings (SSSR count). The van der Waals surface area contributed by atoms with Crippen LogP contribution < -0.4 is 0 Å². The van der Waals surface area contributed by atoms with E-state index in [1.807, 2.05) is 0 Å². The van der Waals surface area contributed by atoms with Crippen molar-refractivity contribution in [3.63, 3.8) is 0 Å². The Balaban J connectivity index is 1.89. The molecule has 1 amide bonds. The zero-order valence-corrected chi connectivity index (χ0v) is 13.0. The molecular formula is C14H15Cl2NO5. The number of phenolic OH excluding ortho intramolecular Hbond substituents is 1. The molecule has 2 heterocycles. The lowest BCUT2D eigenvalue weighted by molar-refractivity contribution is -0.0135. The van der Waals surface area contributed by atoms with E-state index < -0.39 is 24.9 Å². The summed E-state index contributed by atoms with van der Waals surface area (Å²) >= 11 is 12.2. The van der Waals surface area contributed by atoms with Crippen molar-refractivity contribution < 1.29 is 24.9 Å². The Labute approximate surface area is 136 Å². The van der Waals surface area contributed by atoms with E-state index >= 15 is 0 Å². The van der Waals surface area contributed by atoms with Crippen molar-refractivity contribution in [3.05, 3.63) is 27.7 Å². The highest BCUT2D eigenvalue weighted by Gasteiger charge is 2.51. The molecule has 0 bridgehead atoms. The number of amides is 1. The minimum Gasteiger partial charge on any atom is -0.508 e. The molecule has 0 saturated carbocycles. The molecule has 0 unspecified atom stereocenters. The number of cyclic esters (lactones) is 1. The molecular weight excluding hydrogens is 333 g/mol. The van der Waals surface area contributed by atoms with Crippen LogP contribution in [0.2, 0.25) is 10.0 Å². The highest BCUT2D eigenvalue weighted by atomic mass is 35.5. The fourth-order valence-corrected chi connectivity index (χ4v) is 3.72. The van der Waals surface area contributed by atoms with E-state index in [2.05, 4.69) is 0 Å². The maximum absolute atomic E-state index is 11.9. The summed E-state index contributed by atoms with van der Waals surface area (Å²) in [6.07, 6.45) is -2.01. The van der Waals surface area contributed by atoms with E-state index in [1.165, 1.54) is 17.0 Å². The van der Waals surface area contributed by atoms with Crippen molar-refractivity contribution >= 4 is 29.3 Å². The number of fused-ring (bicyclic) bond motifs is 1. The zero-order chi connectivity index (χ0) is 16.0. The second kappa shape index (κ2) is 5.77. The van der Waals surface area contributed by atoms with Crippen LogP contribution in [0.1, 0.15) is 17.9 Å². The van der Waals surface area contributed by atoms with Gasteiger partial charge in [0.2, 0.25) is 0 Å². The number of hydrogen-bond acceptors (Lipinski definition) is 5. The molecule has 0 aliphatic carbocycles. The third-order valence-corrected chi connectivity index (χ3v) is 5.10. The van der Waals surface area contributed by atoms with Gasteiger partial charge in [0.05, 0.1) is 22.7 Å². The number of aliphatic hydroxyl groups excluding tert-OH is 2. The Morgan fingerprint density at radius 1 is 1.41 bits per heavy atom. The van der Waals surface area contributed by atoms with Crippen molar-refractivity contribution in [3.8, 4) is 5.75 Å². The molecule has 4 atom stereocenters. The normalized spacial score (nSPS) is 28.6. The fourth-order valence-electron chi connectivity index (χ4n) is 3.24. The largest absolute Gasteiger partial charge is 0.508 e. The Morgan fingerprint density at radius 2 is 2.14 bits per heavy atom. The topological polar surface area (TPSA) is 90.2 Å². The van der Waals surface area contributed by atoms with Gasteiger partial charge in [0.1, 0.15) is 11.9 Å². The molecule has 1 aromatic rings. The summed E-state index contributed by atoms with van der Waals surface area (Å²) in [6, 6.07) is 2.60. The molecule has 22 heavy (non-hydrogen) atoms. The lowest BCUT2D eigenvalue weighted by Gasteiger charge is -2.20. The number of aliphatic hydroxyl groups is 2. The monoisotopic (exact) mass is 347 g/mol. The van der Waals surface area contributed by atoms with Gasteiger partial charge in [0, 0.05) is 18.0 Å². The summed E-state index contributed by atoms with van der Waals surface area (Å²) in [5.41, 5.74) is 0.494. The van der Waals surface area contributed by atoms with Gasteiger partial charge in [-0.05, 0) is 18.6 Å². The SMILES string of the molecule is O=C1O[C@H]([C@H](O)CO)[C@@H]2C[C@H](c3c(O)ccc(Cl)c3Cl)CN12. The molecule has 2 fully saturated rings. The molecule has 0 aromatic heterocycles. The minimum absolute atomic E-state index is 0.0215. The van der Waals surface area contributed by atoms with Gasteiger partial charge in [0.15, 0.2) is 6.10 Å². The number of hydrogen-bond donors (Lipinski definition) is 3. The van der Waals surface area contributed by atoms with Crippen molar-refractivity contribution in [2.75, 3.05) is 13.2 Å². The number of nitrogens with zero attached hydrogens (tertiary/aromatic N) is 1. The second-order valence-electron chi connectivity index (χ2n) is 5.54. The van der Waals surface area contributed by atoms with Crippen LogP contribution in [-0.2, 0) is 4.74 Å². The number of carbonyl (C=O) groups is 1. The summed E-state index contributed by atoms with van der Waals surface area (Å²) in [5.74, 6) is -0.189. The van der Waals surface area contributed by atoms with Crippen LogP contribution in [0.3, 0.4) is 0 Å². The number of phenols is 1. The molecule has 6 nitrogen and oxygen atoms in total. The summed E-state index contributed by atoms with van der Waals surface area (Å²) in [6.45, 7) is -0.179. The maximum Gasteiger partial charge on any atom is 0.410 e. The third kappa shape index (κ3) is 2.40. The first-order chi connectivity index (χ1) is 10.4. The molecule has 2 saturated heterocycles. The molecule has 0 radical (unpaired) electrons. The van der Waals surface area contributed by atoms with Crippen LogP contribution in [0.4, 0.5) is 4.79 Å². The number of benzene rings is 1. The average Bonchev–Trinajstić information content (AvgIpc) is 3.04. The summed E-state index contributed by atoms with van der Waals surface area (Å²) < 4.78 is 5.10. The molecule has 120 valence electrons. The molecule has 8 heteroatoms. The number of rotatable bonds is 3. The molecule has 2 aliphatic rings. The van der Waals surface area contributed by atoms with Crippen molar-refractivity contribution in [2.45, 2.75) is 30.6 Å². The predicted molar refractivity (Wildman–Crippen MR) is 79.3 cm³/mol. The highest BCUT2D eigenvalue weighted by molar-refractivity contribution is 6.42. The van der Waals surface area contributed by atoms with Gasteiger partial charge in [-0.2, -0.15) is 0 Å². The van der Waals surface area contributed by atoms with Crippen molar-refractivity contribution in [2.24, 2.45) is 0 Å². The van der Waals surface area contributed by atoms with Gasteiger partial charge in [-0.3, -0.25) is 0 Å². The van der Waals surface area contributed by atoms with Gasteiger partial charge in [-0.15, -0.1) is 0 Å². The van der Waals surface area contributed by atoms with Crippen molar-refractivity contribution in [1.29, 1.82) is 0 Å². The lowest BCUT2D eigenvalue weighted by Crippen LogP contribution is -2.39. The van der Waals surface area contributed by atoms with Crippen LogP contribution in [0.25, 0.3) is 0 Å². The van der Waals surface area contributed by atoms with Crippen LogP contribution in [0.15, 0.2) is 12.1 Å². The van der Waals surface area contributed by atoms with Crippen LogP contribution in [-0.4, -0.2) is 57.7 Å². The van der Waals surface area contributed by atoms with Gasteiger partial charge >= 0.3 is 6.09 Å². The van der Waals surface area contributed by atoms with Crippen LogP contribution in [0.5, 0.6) is 5.75 Å². The Bertz CT molecular complexity index is 611. The van der Waals surface area contributed by atoms with Crippen LogP contribution >= 0.6 is 23.2 Å². The van der Waals surface area contributed by atoms with E-state index in [9.17, 15) is 15.0 Å². The number of aromatic hydroxyl groups is 1.